The lowest BCUT2D eigenvalue weighted by Crippen LogP contribution is -2.49. The summed E-state index contributed by atoms with van der Waals surface area (Å²) in [5, 5.41) is 51.2. The number of carbonyl (C=O) groups is 1. The van der Waals surface area contributed by atoms with Gasteiger partial charge in [0.25, 0.3) is 5.91 Å². The number of likely N-dealkylation sites (N-methyl/N-ethyl adjacent to an activating group) is 1. The fourth-order valence-electron chi connectivity index (χ4n) is 4.76. The van der Waals surface area contributed by atoms with Crippen molar-refractivity contribution in [3.8, 4) is 0 Å². The van der Waals surface area contributed by atoms with E-state index in [2.05, 4.69) is 5.32 Å². The number of halogens is 1. The van der Waals surface area contributed by atoms with E-state index in [1.54, 1.807) is 18.0 Å². The summed E-state index contributed by atoms with van der Waals surface area (Å²) >= 11 is 0. The Bertz CT molecular complexity index is 1260. The quantitative estimate of drug-likeness (QED) is 0.267. The number of aliphatic hydroxyl groups is 5. The van der Waals surface area contributed by atoms with Crippen molar-refractivity contribution in [2.24, 2.45) is 0 Å². The molecular formula is C28H33FN2O7. The highest BCUT2D eigenvalue weighted by Crippen LogP contribution is 2.44. The zero-order chi connectivity index (χ0) is 27.8. The normalized spacial score (nSPS) is 21.4. The van der Waals surface area contributed by atoms with Gasteiger partial charge < -0.3 is 35.6 Å². The minimum Gasteiger partial charge on any atom is -0.482 e. The molecule has 2 aromatic rings. The number of rotatable bonds is 9. The van der Waals surface area contributed by atoms with Crippen LogP contribution in [0.3, 0.4) is 0 Å². The van der Waals surface area contributed by atoms with E-state index < -0.39 is 42.4 Å². The molecule has 0 unspecified atom stereocenters. The smallest absolute Gasteiger partial charge is 0.260 e. The van der Waals surface area contributed by atoms with Crippen LogP contribution in [-0.2, 0) is 16.1 Å². The number of carbonyl (C=O) groups excluding carboxylic acids is 1. The van der Waals surface area contributed by atoms with E-state index in [0.29, 0.717) is 23.6 Å². The number of anilines is 1. The summed E-state index contributed by atoms with van der Waals surface area (Å²) in [6, 6.07) is 11.8. The molecule has 204 valence electrons. The SMILES string of the molecule is CN(Cc1ccc(C2=C/C(=C3\C(=O)Nc4ccc(F)cc43)OC2(C)C)cc1)C[C@H](O)[C@@H](O)[C@@H](O)[C@H](O)CO. The molecule has 2 heterocycles. The maximum absolute atomic E-state index is 13.9. The molecule has 0 aromatic heterocycles. The fraction of sp³-hybridized carbons (Fsp3) is 0.393. The van der Waals surface area contributed by atoms with E-state index in [-0.39, 0.29) is 18.0 Å². The van der Waals surface area contributed by atoms with Gasteiger partial charge in [-0.25, -0.2) is 4.39 Å². The van der Waals surface area contributed by atoms with Gasteiger partial charge in [-0.2, -0.15) is 0 Å². The predicted octanol–water partition coefficient (Wildman–Crippen LogP) is 1.25. The van der Waals surface area contributed by atoms with Gasteiger partial charge in [0.05, 0.1) is 18.3 Å². The van der Waals surface area contributed by atoms with Crippen molar-refractivity contribution >= 4 is 22.7 Å². The van der Waals surface area contributed by atoms with Crippen molar-refractivity contribution in [1.29, 1.82) is 0 Å². The highest BCUT2D eigenvalue weighted by molar-refractivity contribution is 6.32. The largest absolute Gasteiger partial charge is 0.482 e. The molecule has 0 fully saturated rings. The van der Waals surface area contributed by atoms with E-state index in [9.17, 15) is 29.6 Å². The summed E-state index contributed by atoms with van der Waals surface area (Å²) < 4.78 is 20.0. The van der Waals surface area contributed by atoms with E-state index in [4.69, 9.17) is 9.84 Å². The Morgan fingerprint density at radius 2 is 1.68 bits per heavy atom. The van der Waals surface area contributed by atoms with Gasteiger partial charge in [-0.1, -0.05) is 24.3 Å². The van der Waals surface area contributed by atoms with Gasteiger partial charge in [-0.15, -0.1) is 0 Å². The lowest BCUT2D eigenvalue weighted by Gasteiger charge is -2.28. The predicted molar refractivity (Wildman–Crippen MR) is 139 cm³/mol. The minimum absolute atomic E-state index is 0.0191. The number of benzene rings is 2. The number of allylic oxidation sites excluding steroid dienone is 1. The van der Waals surface area contributed by atoms with Crippen LogP contribution >= 0.6 is 0 Å². The van der Waals surface area contributed by atoms with Crippen LogP contribution in [0, 0.1) is 5.82 Å². The molecule has 0 radical (unpaired) electrons. The van der Waals surface area contributed by atoms with Crippen LogP contribution in [0.1, 0.15) is 30.5 Å². The Labute approximate surface area is 220 Å². The van der Waals surface area contributed by atoms with Crippen LogP contribution in [0.4, 0.5) is 10.1 Å². The molecule has 2 aromatic carbocycles. The number of hydrogen-bond donors (Lipinski definition) is 6. The summed E-state index contributed by atoms with van der Waals surface area (Å²) in [7, 11) is 1.74. The molecule has 4 atom stereocenters. The van der Waals surface area contributed by atoms with Crippen LogP contribution in [0.15, 0.2) is 54.3 Å². The first-order chi connectivity index (χ1) is 17.9. The van der Waals surface area contributed by atoms with Crippen LogP contribution in [0.5, 0.6) is 0 Å². The third-order valence-corrected chi connectivity index (χ3v) is 6.80. The van der Waals surface area contributed by atoms with Crippen LogP contribution in [0.25, 0.3) is 11.1 Å². The van der Waals surface area contributed by atoms with Crippen LogP contribution in [-0.4, -0.2) is 86.6 Å². The Balaban J connectivity index is 1.49. The average molecular weight is 529 g/mol. The monoisotopic (exact) mass is 528 g/mol. The number of ether oxygens (including phenoxy) is 1. The maximum atomic E-state index is 13.9. The molecule has 0 aliphatic carbocycles. The highest BCUT2D eigenvalue weighted by Gasteiger charge is 2.38. The molecular weight excluding hydrogens is 495 g/mol. The molecule has 2 aliphatic rings. The molecule has 2 aliphatic heterocycles. The lowest BCUT2D eigenvalue weighted by atomic mass is 9.91. The zero-order valence-electron chi connectivity index (χ0n) is 21.4. The van der Waals surface area contributed by atoms with Gasteiger partial charge in [0.15, 0.2) is 0 Å². The number of nitrogens with one attached hydrogen (secondary N) is 1. The van der Waals surface area contributed by atoms with E-state index in [0.717, 1.165) is 16.7 Å². The van der Waals surface area contributed by atoms with Gasteiger partial charge in [0, 0.05) is 29.9 Å². The molecule has 0 spiro atoms. The van der Waals surface area contributed by atoms with Gasteiger partial charge >= 0.3 is 0 Å². The Morgan fingerprint density at radius 3 is 2.34 bits per heavy atom. The zero-order valence-corrected chi connectivity index (χ0v) is 21.4. The van der Waals surface area contributed by atoms with Crippen molar-refractivity contribution in [3.63, 3.8) is 0 Å². The van der Waals surface area contributed by atoms with Crippen molar-refractivity contribution in [2.75, 3.05) is 25.5 Å². The molecule has 6 N–H and O–H groups in total. The minimum atomic E-state index is -1.67. The van der Waals surface area contributed by atoms with E-state index >= 15 is 0 Å². The molecule has 0 saturated carbocycles. The highest BCUT2D eigenvalue weighted by atomic mass is 19.1. The molecule has 1 amide bonds. The summed E-state index contributed by atoms with van der Waals surface area (Å²) in [6.07, 6.45) is -4.37. The number of hydrogen-bond acceptors (Lipinski definition) is 8. The first-order valence-corrected chi connectivity index (χ1v) is 12.3. The second-order valence-corrected chi connectivity index (χ2v) is 10.2. The third-order valence-electron chi connectivity index (χ3n) is 6.80. The van der Waals surface area contributed by atoms with Crippen molar-refractivity contribution in [1.82, 2.24) is 4.90 Å². The number of nitrogens with zero attached hydrogens (tertiary/aromatic N) is 1. The van der Waals surface area contributed by atoms with Crippen LogP contribution < -0.4 is 5.32 Å². The third kappa shape index (κ3) is 5.65. The lowest BCUT2D eigenvalue weighted by molar-refractivity contribution is -0.118. The standard InChI is InChI=1S/C28H33FN2O7/c1-28(2)19(11-23(38-28)24-18-10-17(29)8-9-20(18)30-27(24)37)16-6-4-15(5-7-16)12-31(3)13-21(33)25(35)26(36)22(34)14-32/h4-11,21-22,25-26,32-36H,12-14H2,1-3H3,(H,30,37)/b24-23+/t21-,22+,25+,26-/m0/s1. The number of amides is 1. The van der Waals surface area contributed by atoms with Gasteiger partial charge in [-0.05, 0) is 56.3 Å². The Morgan fingerprint density at radius 1 is 1.03 bits per heavy atom. The maximum Gasteiger partial charge on any atom is 0.260 e. The molecule has 10 heteroatoms. The summed E-state index contributed by atoms with van der Waals surface area (Å²) in [5.74, 6) is -0.420. The van der Waals surface area contributed by atoms with Gasteiger partial charge in [0.2, 0.25) is 0 Å². The van der Waals surface area contributed by atoms with Gasteiger partial charge in [-0.3, -0.25) is 9.69 Å². The van der Waals surface area contributed by atoms with Crippen molar-refractivity contribution in [3.05, 3.63) is 76.8 Å². The average Bonchev–Trinajstić information content (AvgIpc) is 3.36. The van der Waals surface area contributed by atoms with Crippen LogP contribution in [0.2, 0.25) is 0 Å². The molecule has 9 nitrogen and oxygen atoms in total. The molecule has 0 bridgehead atoms. The first-order valence-electron chi connectivity index (χ1n) is 12.3. The number of fused-ring (bicyclic) bond motifs is 1. The summed E-state index contributed by atoms with van der Waals surface area (Å²) in [4.78, 5) is 14.4. The summed E-state index contributed by atoms with van der Waals surface area (Å²) in [5.41, 5.74) is 3.20. The summed E-state index contributed by atoms with van der Waals surface area (Å²) in [6.45, 7) is 3.50. The van der Waals surface area contributed by atoms with Crippen molar-refractivity contribution < 1.29 is 39.5 Å². The number of aliphatic hydroxyl groups excluding tert-OH is 5. The Hall–Kier alpha value is -3.12. The second kappa shape index (κ2) is 10.9. The molecule has 38 heavy (non-hydrogen) atoms. The van der Waals surface area contributed by atoms with E-state index in [1.165, 1.54) is 18.2 Å². The molecule has 0 saturated heterocycles. The fourth-order valence-corrected chi connectivity index (χ4v) is 4.76. The van der Waals surface area contributed by atoms with Gasteiger partial charge in [0.1, 0.15) is 35.5 Å². The Kier molecular flexibility index (Phi) is 8.03. The second-order valence-electron chi connectivity index (χ2n) is 10.2. The van der Waals surface area contributed by atoms with Crippen molar-refractivity contribution in [2.45, 2.75) is 50.4 Å². The topological polar surface area (TPSA) is 143 Å². The first kappa shape index (κ1) is 27.9. The van der Waals surface area contributed by atoms with E-state index in [1.807, 2.05) is 38.1 Å². The molecule has 4 rings (SSSR count).